The fourth-order valence-electron chi connectivity index (χ4n) is 4.56. The van der Waals surface area contributed by atoms with Crippen molar-refractivity contribution in [3.8, 4) is 5.75 Å². The van der Waals surface area contributed by atoms with Gasteiger partial charge in [-0.15, -0.1) is 0 Å². The lowest BCUT2D eigenvalue weighted by molar-refractivity contribution is -0.141. The highest BCUT2D eigenvalue weighted by molar-refractivity contribution is 5.95. The summed E-state index contributed by atoms with van der Waals surface area (Å²) >= 11 is 0. The minimum Gasteiger partial charge on any atom is -0.425 e. The Labute approximate surface area is 164 Å². The highest BCUT2D eigenvalue weighted by atomic mass is 16.5. The fourth-order valence-corrected chi connectivity index (χ4v) is 4.56. The van der Waals surface area contributed by atoms with Crippen LogP contribution in [-0.4, -0.2) is 36.7 Å². The Kier molecular flexibility index (Phi) is 3.95. The van der Waals surface area contributed by atoms with Gasteiger partial charge in [0, 0.05) is 62.1 Å². The molecule has 2 aromatic carbocycles. The number of aromatic nitrogens is 1. The van der Waals surface area contributed by atoms with Crippen LogP contribution in [0.3, 0.4) is 0 Å². The van der Waals surface area contributed by atoms with Crippen LogP contribution < -0.4 is 15.0 Å². The number of piperazine rings is 1. The smallest absolute Gasteiger partial charge is 0.322 e. The van der Waals surface area contributed by atoms with Gasteiger partial charge >= 0.3 is 5.97 Å². The van der Waals surface area contributed by atoms with Crippen LogP contribution in [0.1, 0.15) is 18.1 Å². The zero-order chi connectivity index (χ0) is 19.3. The van der Waals surface area contributed by atoms with E-state index in [1.165, 1.54) is 0 Å². The van der Waals surface area contributed by atoms with Crippen LogP contribution in [0, 0.1) is 0 Å². The number of carbonyl (C=O) groups is 1. The summed E-state index contributed by atoms with van der Waals surface area (Å²) in [6.07, 6.45) is 2.73. The second kappa shape index (κ2) is 6.38. The number of rotatable bonds is 2. The summed E-state index contributed by atoms with van der Waals surface area (Å²) in [5.41, 5.74) is 3.69. The summed E-state index contributed by atoms with van der Waals surface area (Å²) in [6, 6.07) is 14.5. The van der Waals surface area contributed by atoms with Crippen LogP contribution in [0.4, 0.5) is 5.69 Å². The summed E-state index contributed by atoms with van der Waals surface area (Å²) in [5.74, 6) is 0.535. The lowest BCUT2D eigenvalue weighted by Crippen LogP contribution is -2.44. The minimum absolute atomic E-state index is 0.172. The van der Waals surface area contributed by atoms with E-state index in [9.17, 15) is 4.79 Å². The van der Waals surface area contributed by atoms with E-state index in [4.69, 9.17) is 4.74 Å². The number of ether oxygens (including phenoxy) is 1. The molecule has 0 spiro atoms. The molecule has 1 N–H and O–H groups in total. The number of benzene rings is 2. The molecular weight excluding hydrogens is 350 g/mol. The third kappa shape index (κ3) is 2.61. The second-order valence-corrected chi connectivity index (χ2v) is 8.10. The Morgan fingerprint density at radius 1 is 1.11 bits per heavy atom. The zero-order valence-corrected chi connectivity index (χ0v) is 16.4. The van der Waals surface area contributed by atoms with Crippen molar-refractivity contribution in [2.75, 3.05) is 31.1 Å². The molecule has 1 aromatic heterocycles. The average Bonchev–Trinajstić information content (AvgIpc) is 3.07. The topological polar surface area (TPSA) is 46.5 Å². The van der Waals surface area contributed by atoms with Gasteiger partial charge < -0.3 is 19.5 Å². The van der Waals surface area contributed by atoms with Gasteiger partial charge in [-0.1, -0.05) is 24.3 Å². The van der Waals surface area contributed by atoms with Crippen LogP contribution in [0.15, 0.2) is 48.7 Å². The molecule has 5 heteroatoms. The first-order valence-electron chi connectivity index (χ1n) is 9.92. The highest BCUT2D eigenvalue weighted by Crippen LogP contribution is 2.42. The third-order valence-electron chi connectivity index (χ3n) is 6.22. The summed E-state index contributed by atoms with van der Waals surface area (Å²) < 4.78 is 7.99. The molecule has 0 saturated carbocycles. The van der Waals surface area contributed by atoms with E-state index in [1.807, 2.05) is 32.2 Å². The summed E-state index contributed by atoms with van der Waals surface area (Å²) in [4.78, 5) is 15.5. The van der Waals surface area contributed by atoms with Gasteiger partial charge in [0.05, 0.1) is 5.41 Å². The molecule has 1 unspecified atom stereocenters. The van der Waals surface area contributed by atoms with Gasteiger partial charge in [-0.3, -0.25) is 4.79 Å². The maximum Gasteiger partial charge on any atom is 0.322 e. The maximum absolute atomic E-state index is 13.2. The molecule has 3 aromatic rings. The normalized spacial score (nSPS) is 22.2. The van der Waals surface area contributed by atoms with Crippen molar-refractivity contribution in [1.82, 2.24) is 9.88 Å². The molecule has 2 aliphatic rings. The molecular formula is C23H25N3O2. The number of hydrogen-bond acceptors (Lipinski definition) is 4. The number of para-hydroxylation sites is 1. The number of fused-ring (bicyclic) bond motifs is 2. The maximum atomic E-state index is 13.2. The number of aryl methyl sites for hydroxylation is 1. The van der Waals surface area contributed by atoms with E-state index in [-0.39, 0.29) is 5.97 Å². The summed E-state index contributed by atoms with van der Waals surface area (Å²) in [6.45, 7) is 5.91. The number of hydrogen-bond donors (Lipinski definition) is 1. The highest BCUT2D eigenvalue weighted by Gasteiger charge is 2.43. The van der Waals surface area contributed by atoms with Crippen molar-refractivity contribution in [2.45, 2.75) is 18.8 Å². The van der Waals surface area contributed by atoms with E-state index in [0.717, 1.165) is 53.9 Å². The lowest BCUT2D eigenvalue weighted by atomic mass is 9.75. The van der Waals surface area contributed by atoms with Gasteiger partial charge in [-0.25, -0.2) is 0 Å². The van der Waals surface area contributed by atoms with Gasteiger partial charge in [0.2, 0.25) is 0 Å². The molecule has 1 saturated heterocycles. The van der Waals surface area contributed by atoms with Crippen LogP contribution in [0.2, 0.25) is 0 Å². The van der Waals surface area contributed by atoms with E-state index in [0.29, 0.717) is 12.2 Å². The molecule has 5 nitrogen and oxygen atoms in total. The van der Waals surface area contributed by atoms with E-state index in [2.05, 4.69) is 45.2 Å². The first kappa shape index (κ1) is 17.3. The van der Waals surface area contributed by atoms with E-state index >= 15 is 0 Å². The second-order valence-electron chi connectivity index (χ2n) is 8.10. The summed E-state index contributed by atoms with van der Waals surface area (Å²) in [7, 11) is 2.02. The molecule has 3 heterocycles. The molecule has 0 radical (unpaired) electrons. The monoisotopic (exact) mass is 375 g/mol. The molecule has 2 aliphatic heterocycles. The van der Waals surface area contributed by atoms with Gasteiger partial charge in [0.15, 0.2) is 0 Å². The van der Waals surface area contributed by atoms with Crippen molar-refractivity contribution in [1.29, 1.82) is 0 Å². The number of esters is 1. The van der Waals surface area contributed by atoms with Gasteiger partial charge in [-0.2, -0.15) is 0 Å². The first-order valence-corrected chi connectivity index (χ1v) is 9.92. The molecule has 0 bridgehead atoms. The Bertz CT molecular complexity index is 1060. The van der Waals surface area contributed by atoms with E-state index < -0.39 is 5.41 Å². The SMILES string of the molecule is Cn1cc(C2(C)Cc3ccc(N4CCNCC4)cc3OC2=O)c2ccccc21. The largest absolute Gasteiger partial charge is 0.425 e. The van der Waals surface area contributed by atoms with Crippen LogP contribution in [0.5, 0.6) is 5.75 Å². The molecule has 144 valence electrons. The fraction of sp³-hybridized carbons (Fsp3) is 0.348. The average molecular weight is 375 g/mol. The zero-order valence-electron chi connectivity index (χ0n) is 16.4. The lowest BCUT2D eigenvalue weighted by Gasteiger charge is -2.34. The Hall–Kier alpha value is -2.79. The van der Waals surface area contributed by atoms with Gasteiger partial charge in [-0.05, 0) is 36.6 Å². The molecule has 28 heavy (non-hydrogen) atoms. The Morgan fingerprint density at radius 2 is 1.89 bits per heavy atom. The quantitative estimate of drug-likeness (QED) is 0.553. The van der Waals surface area contributed by atoms with E-state index in [1.54, 1.807) is 0 Å². The predicted molar refractivity (Wildman–Crippen MR) is 111 cm³/mol. The summed E-state index contributed by atoms with van der Waals surface area (Å²) in [5, 5.41) is 4.49. The number of nitrogens with one attached hydrogen (secondary N) is 1. The molecule has 5 rings (SSSR count). The van der Waals surface area contributed by atoms with Crippen molar-refractivity contribution < 1.29 is 9.53 Å². The van der Waals surface area contributed by atoms with Gasteiger partial charge in [0.1, 0.15) is 5.75 Å². The Morgan fingerprint density at radius 3 is 2.71 bits per heavy atom. The minimum atomic E-state index is -0.690. The first-order chi connectivity index (χ1) is 13.6. The van der Waals surface area contributed by atoms with Crippen molar-refractivity contribution in [3.05, 3.63) is 59.8 Å². The van der Waals surface area contributed by atoms with Crippen molar-refractivity contribution in [3.63, 3.8) is 0 Å². The van der Waals surface area contributed by atoms with Gasteiger partial charge in [0.25, 0.3) is 0 Å². The standard InChI is InChI=1S/C23H25N3O2/c1-23(19-15-25(2)20-6-4-3-5-18(19)20)14-16-7-8-17(13-21(16)28-22(23)27)26-11-9-24-10-12-26/h3-8,13,15,24H,9-12,14H2,1-2H3. The van der Waals surface area contributed by atoms with Crippen molar-refractivity contribution >= 4 is 22.6 Å². The van der Waals surface area contributed by atoms with Crippen LogP contribution in [-0.2, 0) is 23.7 Å². The number of nitrogens with zero attached hydrogens (tertiary/aromatic N) is 2. The molecule has 1 fully saturated rings. The molecule has 0 amide bonds. The van der Waals surface area contributed by atoms with Crippen molar-refractivity contribution in [2.24, 2.45) is 7.05 Å². The number of carbonyl (C=O) groups excluding carboxylic acids is 1. The third-order valence-corrected chi connectivity index (χ3v) is 6.22. The predicted octanol–water partition coefficient (Wildman–Crippen LogP) is 3.01. The molecule has 1 atom stereocenters. The molecule has 0 aliphatic carbocycles. The Balaban J connectivity index is 1.53. The number of anilines is 1. The van der Waals surface area contributed by atoms with Crippen LogP contribution >= 0.6 is 0 Å². The van der Waals surface area contributed by atoms with Crippen LogP contribution in [0.25, 0.3) is 10.9 Å².